The molecule has 0 aromatic carbocycles. The zero-order valence-corrected chi connectivity index (χ0v) is 9.45. The van der Waals surface area contributed by atoms with E-state index in [1.807, 2.05) is 0 Å². The molecular weight excluding hydrogens is 186 g/mol. The molecule has 78 valence electrons. The number of rotatable bonds is 5. The van der Waals surface area contributed by atoms with E-state index in [0.29, 0.717) is 6.04 Å². The summed E-state index contributed by atoms with van der Waals surface area (Å²) in [6.07, 6.45) is -0.419. The number of hydrogen-bond acceptors (Lipinski definition) is 3. The molecule has 0 rings (SSSR count). The third-order valence-electron chi connectivity index (χ3n) is 1.69. The molecule has 4 nitrogen and oxygen atoms in total. The molecule has 0 aliphatic carbocycles. The van der Waals surface area contributed by atoms with Crippen molar-refractivity contribution in [2.45, 2.75) is 44.3 Å². The van der Waals surface area contributed by atoms with Crippen molar-refractivity contribution in [3.05, 3.63) is 0 Å². The van der Waals surface area contributed by atoms with Crippen LogP contribution in [0.2, 0.25) is 25.7 Å². The first-order valence-electron chi connectivity index (χ1n) is 4.39. The van der Waals surface area contributed by atoms with E-state index < -0.39 is 26.2 Å². The van der Waals surface area contributed by atoms with Gasteiger partial charge in [-0.15, -0.1) is 0 Å². The lowest BCUT2D eigenvalue weighted by atomic mass is 10.1. The second-order valence-electron chi connectivity index (χ2n) is 4.60. The van der Waals surface area contributed by atoms with Crippen LogP contribution >= 0.6 is 0 Å². The monoisotopic (exact) mass is 205 g/mol. The van der Waals surface area contributed by atoms with E-state index in [2.05, 4.69) is 19.6 Å². The van der Waals surface area contributed by atoms with Crippen LogP contribution in [0.1, 0.15) is 6.42 Å². The minimum absolute atomic E-state index is 0.152. The van der Waals surface area contributed by atoms with Crippen LogP contribution in [-0.2, 0) is 4.79 Å². The molecule has 5 heteroatoms. The van der Waals surface area contributed by atoms with E-state index in [0.717, 1.165) is 0 Å². The van der Waals surface area contributed by atoms with Gasteiger partial charge in [0.05, 0.1) is 6.10 Å². The van der Waals surface area contributed by atoms with Crippen molar-refractivity contribution in [3.8, 4) is 0 Å². The highest BCUT2D eigenvalue weighted by Crippen LogP contribution is 2.14. The first-order chi connectivity index (χ1) is 5.72. The lowest BCUT2D eigenvalue weighted by molar-refractivity contribution is -0.139. The maximum absolute atomic E-state index is 10.4. The van der Waals surface area contributed by atoms with Crippen LogP contribution in [0.3, 0.4) is 0 Å². The molecule has 0 aliphatic heterocycles. The molecule has 0 spiro atoms. The number of aliphatic carboxylic acids is 1. The van der Waals surface area contributed by atoms with Crippen molar-refractivity contribution >= 4 is 14.0 Å². The van der Waals surface area contributed by atoms with Gasteiger partial charge in [0.15, 0.2) is 0 Å². The average molecular weight is 205 g/mol. The van der Waals surface area contributed by atoms with E-state index in [1.54, 1.807) is 0 Å². The third kappa shape index (κ3) is 6.74. The Hall–Kier alpha value is -0.393. The summed E-state index contributed by atoms with van der Waals surface area (Å²) < 4.78 is 0. The van der Waals surface area contributed by atoms with Gasteiger partial charge in [0.25, 0.3) is 0 Å². The lowest BCUT2D eigenvalue weighted by Gasteiger charge is -2.21. The van der Waals surface area contributed by atoms with Gasteiger partial charge in [0.2, 0.25) is 0 Å². The molecule has 0 fully saturated rings. The minimum Gasteiger partial charge on any atom is -0.480 e. The van der Waals surface area contributed by atoms with E-state index >= 15 is 0 Å². The van der Waals surface area contributed by atoms with Crippen molar-refractivity contribution in [3.63, 3.8) is 0 Å². The number of aliphatic hydroxyl groups is 1. The minimum atomic E-state index is -1.32. The Kier molecular flexibility index (Phi) is 4.59. The SMILES string of the molecule is C[Si](C)(C)C[C@@H](O)C[C@H](N)C(=O)O. The van der Waals surface area contributed by atoms with Crippen molar-refractivity contribution in [1.82, 2.24) is 0 Å². The number of carboxylic acid groups (broad SMARTS) is 1. The molecule has 0 aromatic heterocycles. The summed E-state index contributed by atoms with van der Waals surface area (Å²) in [7, 11) is -1.32. The van der Waals surface area contributed by atoms with Crippen LogP contribution in [0.25, 0.3) is 0 Å². The maximum Gasteiger partial charge on any atom is 0.320 e. The Labute approximate surface area is 79.8 Å². The number of aliphatic hydroxyl groups excluding tert-OH is 1. The highest BCUT2D eigenvalue weighted by molar-refractivity contribution is 6.76. The Bertz CT molecular complexity index is 179. The fourth-order valence-corrected chi connectivity index (χ4v) is 2.76. The van der Waals surface area contributed by atoms with Gasteiger partial charge in [-0.2, -0.15) is 0 Å². The second kappa shape index (κ2) is 4.73. The zero-order chi connectivity index (χ0) is 10.6. The summed E-state index contributed by atoms with van der Waals surface area (Å²) in [6.45, 7) is 6.38. The van der Waals surface area contributed by atoms with Crippen LogP contribution in [0.4, 0.5) is 0 Å². The number of nitrogens with two attached hydrogens (primary N) is 1. The van der Waals surface area contributed by atoms with Gasteiger partial charge in [-0.1, -0.05) is 19.6 Å². The van der Waals surface area contributed by atoms with Gasteiger partial charge in [-0.25, -0.2) is 0 Å². The van der Waals surface area contributed by atoms with Crippen LogP contribution < -0.4 is 5.73 Å². The van der Waals surface area contributed by atoms with Gasteiger partial charge < -0.3 is 15.9 Å². The van der Waals surface area contributed by atoms with Crippen LogP contribution in [0.15, 0.2) is 0 Å². The third-order valence-corrected chi connectivity index (χ3v) is 3.39. The summed E-state index contributed by atoms with van der Waals surface area (Å²) in [5.41, 5.74) is 5.29. The van der Waals surface area contributed by atoms with Crippen molar-refractivity contribution in [2.24, 2.45) is 5.73 Å². The van der Waals surface area contributed by atoms with Gasteiger partial charge in [0.1, 0.15) is 6.04 Å². The summed E-state index contributed by atoms with van der Waals surface area (Å²) in [6, 6.07) is -0.236. The zero-order valence-electron chi connectivity index (χ0n) is 8.45. The fourth-order valence-electron chi connectivity index (χ4n) is 1.18. The molecule has 0 amide bonds. The topological polar surface area (TPSA) is 83.5 Å². The summed E-state index contributed by atoms with van der Waals surface area (Å²) in [5.74, 6) is -1.05. The van der Waals surface area contributed by atoms with E-state index in [4.69, 9.17) is 10.8 Å². The largest absolute Gasteiger partial charge is 0.480 e. The number of carboxylic acids is 1. The first-order valence-corrected chi connectivity index (χ1v) is 8.09. The molecule has 0 saturated heterocycles. The van der Waals surface area contributed by atoms with Crippen molar-refractivity contribution < 1.29 is 15.0 Å². The average Bonchev–Trinajstić information content (AvgIpc) is 1.81. The molecule has 0 heterocycles. The molecule has 2 atom stereocenters. The standard InChI is InChI=1S/C8H19NO3Si/c1-13(2,3)5-6(10)4-7(9)8(11)12/h6-7,10H,4-5,9H2,1-3H3,(H,11,12)/t6-,7-/m0/s1. The quantitative estimate of drug-likeness (QED) is 0.570. The van der Waals surface area contributed by atoms with Crippen molar-refractivity contribution in [1.29, 1.82) is 0 Å². The molecule has 0 radical (unpaired) electrons. The fraction of sp³-hybridized carbons (Fsp3) is 0.875. The Morgan fingerprint density at radius 1 is 1.46 bits per heavy atom. The molecule has 4 N–H and O–H groups in total. The highest BCUT2D eigenvalue weighted by atomic mass is 28.3. The van der Waals surface area contributed by atoms with Crippen LogP contribution in [0.5, 0.6) is 0 Å². The number of carbonyl (C=O) groups is 1. The van der Waals surface area contributed by atoms with Gasteiger partial charge in [-0.3, -0.25) is 4.79 Å². The Morgan fingerprint density at radius 2 is 1.92 bits per heavy atom. The highest BCUT2D eigenvalue weighted by Gasteiger charge is 2.22. The summed E-state index contributed by atoms with van der Waals surface area (Å²) in [4.78, 5) is 10.4. The second-order valence-corrected chi connectivity index (χ2v) is 10.1. The predicted octanol–water partition coefficient (Wildman–Crippen LogP) is 0.487. The molecule has 0 unspecified atom stereocenters. The maximum atomic E-state index is 10.4. The lowest BCUT2D eigenvalue weighted by Crippen LogP contribution is -2.36. The normalized spacial score (nSPS) is 16.7. The first kappa shape index (κ1) is 12.6. The van der Waals surface area contributed by atoms with Gasteiger partial charge in [-0.05, 0) is 12.5 Å². The molecule has 13 heavy (non-hydrogen) atoms. The Balaban J connectivity index is 3.88. The summed E-state index contributed by atoms with van der Waals surface area (Å²) >= 11 is 0. The Morgan fingerprint density at radius 3 is 2.23 bits per heavy atom. The molecule has 0 saturated carbocycles. The van der Waals surface area contributed by atoms with Gasteiger partial charge in [0, 0.05) is 8.07 Å². The van der Waals surface area contributed by atoms with Gasteiger partial charge >= 0.3 is 5.97 Å². The molecule has 0 aromatic rings. The van der Waals surface area contributed by atoms with E-state index in [9.17, 15) is 9.90 Å². The molecular formula is C8H19NO3Si. The number of hydrogen-bond donors (Lipinski definition) is 3. The summed E-state index contributed by atoms with van der Waals surface area (Å²) in [5, 5.41) is 18.0. The van der Waals surface area contributed by atoms with Crippen molar-refractivity contribution in [2.75, 3.05) is 0 Å². The molecule has 0 bridgehead atoms. The predicted molar refractivity (Wildman–Crippen MR) is 54.4 cm³/mol. The van der Waals surface area contributed by atoms with Crippen LogP contribution in [0, 0.1) is 0 Å². The van der Waals surface area contributed by atoms with E-state index in [1.165, 1.54) is 0 Å². The smallest absolute Gasteiger partial charge is 0.320 e. The van der Waals surface area contributed by atoms with E-state index in [-0.39, 0.29) is 6.42 Å². The van der Waals surface area contributed by atoms with Crippen LogP contribution in [-0.4, -0.2) is 36.4 Å². The molecule has 0 aliphatic rings.